The van der Waals surface area contributed by atoms with Crippen molar-refractivity contribution in [3.05, 3.63) is 29.3 Å². The second-order valence-electron chi connectivity index (χ2n) is 4.83. The number of hydrogen-bond donors (Lipinski definition) is 0. The first-order valence-corrected chi connectivity index (χ1v) is 6.84. The molecule has 0 amide bonds. The maximum absolute atomic E-state index is 13.4. The molecule has 1 fully saturated rings. The summed E-state index contributed by atoms with van der Waals surface area (Å²) >= 11 is 0. The van der Waals surface area contributed by atoms with Gasteiger partial charge in [0.25, 0.3) is 16.0 Å². The number of alkyl halides is 2. The SMILES string of the molecule is COS(=O)(=O)c1ccc(C)cc1C1(C)CC1(F)F. The van der Waals surface area contributed by atoms with E-state index in [1.54, 1.807) is 13.0 Å². The van der Waals surface area contributed by atoms with Crippen molar-refractivity contribution in [2.24, 2.45) is 0 Å². The predicted molar refractivity (Wildman–Crippen MR) is 62.3 cm³/mol. The van der Waals surface area contributed by atoms with Crippen LogP contribution in [-0.4, -0.2) is 21.5 Å². The highest BCUT2D eigenvalue weighted by molar-refractivity contribution is 7.86. The van der Waals surface area contributed by atoms with Gasteiger partial charge in [0, 0.05) is 6.42 Å². The van der Waals surface area contributed by atoms with E-state index in [1.807, 2.05) is 0 Å². The lowest BCUT2D eigenvalue weighted by Crippen LogP contribution is -2.17. The highest BCUT2D eigenvalue weighted by Crippen LogP contribution is 2.62. The Morgan fingerprint density at radius 2 is 1.89 bits per heavy atom. The molecule has 100 valence electrons. The molecule has 1 aliphatic rings. The van der Waals surface area contributed by atoms with E-state index < -0.39 is 21.5 Å². The lowest BCUT2D eigenvalue weighted by Gasteiger charge is -2.16. The maximum atomic E-state index is 13.4. The molecule has 0 radical (unpaired) electrons. The molecule has 0 bridgehead atoms. The fourth-order valence-corrected chi connectivity index (χ4v) is 3.04. The molecule has 1 saturated carbocycles. The Kier molecular flexibility index (Phi) is 2.79. The van der Waals surface area contributed by atoms with E-state index in [0.717, 1.165) is 12.7 Å². The third-order valence-electron chi connectivity index (χ3n) is 3.48. The summed E-state index contributed by atoms with van der Waals surface area (Å²) in [5.74, 6) is -2.86. The fraction of sp³-hybridized carbons (Fsp3) is 0.500. The third kappa shape index (κ3) is 1.83. The molecule has 0 N–H and O–H groups in total. The Hall–Kier alpha value is -1.01. The summed E-state index contributed by atoms with van der Waals surface area (Å²) in [6, 6.07) is 4.38. The Bertz CT molecular complexity index is 595. The highest BCUT2D eigenvalue weighted by atomic mass is 32.2. The minimum absolute atomic E-state index is 0.134. The van der Waals surface area contributed by atoms with Gasteiger partial charge in [-0.3, -0.25) is 4.18 Å². The Morgan fingerprint density at radius 1 is 1.33 bits per heavy atom. The summed E-state index contributed by atoms with van der Waals surface area (Å²) in [6.07, 6.45) is -0.338. The first-order valence-electron chi connectivity index (χ1n) is 5.44. The Balaban J connectivity index is 2.65. The van der Waals surface area contributed by atoms with Gasteiger partial charge in [-0.05, 0) is 25.5 Å². The summed E-state index contributed by atoms with van der Waals surface area (Å²) in [5, 5.41) is 0. The van der Waals surface area contributed by atoms with Gasteiger partial charge in [0.2, 0.25) is 0 Å². The van der Waals surface area contributed by atoms with Crippen molar-refractivity contribution in [1.82, 2.24) is 0 Å². The van der Waals surface area contributed by atoms with Crippen LogP contribution in [0.25, 0.3) is 0 Å². The van der Waals surface area contributed by atoms with E-state index in [2.05, 4.69) is 4.18 Å². The van der Waals surface area contributed by atoms with E-state index >= 15 is 0 Å². The van der Waals surface area contributed by atoms with E-state index in [-0.39, 0.29) is 16.9 Å². The molecular formula is C12H14F2O3S. The van der Waals surface area contributed by atoms with Crippen LogP contribution in [0.15, 0.2) is 23.1 Å². The van der Waals surface area contributed by atoms with Crippen LogP contribution in [0.5, 0.6) is 0 Å². The summed E-state index contributed by atoms with van der Waals surface area (Å²) in [4.78, 5) is -0.171. The number of benzene rings is 1. The number of aryl methyl sites for hydroxylation is 1. The van der Waals surface area contributed by atoms with Crippen LogP contribution >= 0.6 is 0 Å². The zero-order valence-corrected chi connectivity index (χ0v) is 11.1. The minimum atomic E-state index is -3.97. The monoisotopic (exact) mass is 276 g/mol. The molecule has 1 aromatic rings. The van der Waals surface area contributed by atoms with Gasteiger partial charge in [0.05, 0.1) is 17.4 Å². The average Bonchev–Trinajstić information content (AvgIpc) is 2.79. The largest absolute Gasteiger partial charge is 0.297 e. The van der Waals surface area contributed by atoms with Crippen molar-refractivity contribution in [3.8, 4) is 0 Å². The molecule has 0 aromatic heterocycles. The summed E-state index contributed by atoms with van der Waals surface area (Å²) < 4.78 is 54.8. The Labute approximate surface area is 105 Å². The average molecular weight is 276 g/mol. The van der Waals surface area contributed by atoms with Gasteiger partial charge in [-0.1, -0.05) is 17.7 Å². The smallest absolute Gasteiger partial charge is 0.270 e. The second kappa shape index (κ2) is 3.74. The maximum Gasteiger partial charge on any atom is 0.297 e. The summed E-state index contributed by atoms with van der Waals surface area (Å²) in [6.45, 7) is 3.10. The van der Waals surface area contributed by atoms with Crippen LogP contribution in [0.3, 0.4) is 0 Å². The van der Waals surface area contributed by atoms with Gasteiger partial charge in [0.1, 0.15) is 0 Å². The van der Waals surface area contributed by atoms with Gasteiger partial charge in [-0.15, -0.1) is 0 Å². The Morgan fingerprint density at radius 3 is 2.33 bits per heavy atom. The standard InChI is InChI=1S/C12H14F2O3S/c1-8-4-5-10(18(15,16)17-3)9(6-8)11(2)7-12(11,13)14/h4-6H,7H2,1-3H3. The van der Waals surface area contributed by atoms with Crippen LogP contribution in [0.2, 0.25) is 0 Å². The molecular weight excluding hydrogens is 262 g/mol. The van der Waals surface area contributed by atoms with Crippen LogP contribution in [0.4, 0.5) is 8.78 Å². The number of rotatable bonds is 3. The van der Waals surface area contributed by atoms with Gasteiger partial charge >= 0.3 is 0 Å². The van der Waals surface area contributed by atoms with Gasteiger partial charge < -0.3 is 0 Å². The van der Waals surface area contributed by atoms with Crippen LogP contribution in [-0.2, 0) is 19.7 Å². The molecule has 1 aromatic carbocycles. The van der Waals surface area contributed by atoms with Crippen molar-refractivity contribution in [1.29, 1.82) is 0 Å². The lowest BCUT2D eigenvalue weighted by atomic mass is 9.96. The van der Waals surface area contributed by atoms with Crippen LogP contribution in [0, 0.1) is 6.92 Å². The van der Waals surface area contributed by atoms with Crippen molar-refractivity contribution < 1.29 is 21.4 Å². The fourth-order valence-electron chi connectivity index (χ4n) is 2.07. The highest BCUT2D eigenvalue weighted by Gasteiger charge is 2.69. The van der Waals surface area contributed by atoms with E-state index in [9.17, 15) is 17.2 Å². The minimum Gasteiger partial charge on any atom is -0.270 e. The number of halogens is 2. The molecule has 1 aliphatic carbocycles. The molecule has 0 heterocycles. The normalized spacial score (nSPS) is 26.1. The van der Waals surface area contributed by atoms with E-state index in [0.29, 0.717) is 0 Å². The second-order valence-corrected chi connectivity index (χ2v) is 6.52. The molecule has 6 heteroatoms. The predicted octanol–water partition coefficient (Wildman–Crippen LogP) is 2.63. The quantitative estimate of drug-likeness (QED) is 0.797. The molecule has 1 atom stereocenters. The first-order chi connectivity index (χ1) is 8.14. The molecule has 0 spiro atoms. The van der Waals surface area contributed by atoms with Gasteiger partial charge in [-0.25, -0.2) is 8.78 Å². The van der Waals surface area contributed by atoms with Crippen molar-refractivity contribution in [2.75, 3.05) is 7.11 Å². The third-order valence-corrected chi connectivity index (χ3v) is 4.81. The molecule has 18 heavy (non-hydrogen) atoms. The zero-order valence-electron chi connectivity index (χ0n) is 10.3. The molecule has 1 unspecified atom stereocenters. The number of hydrogen-bond acceptors (Lipinski definition) is 3. The molecule has 0 aliphatic heterocycles. The first kappa shape index (κ1) is 13.4. The molecule has 3 nitrogen and oxygen atoms in total. The van der Waals surface area contributed by atoms with E-state index in [4.69, 9.17) is 0 Å². The summed E-state index contributed by atoms with van der Waals surface area (Å²) in [5.41, 5.74) is -0.543. The lowest BCUT2D eigenvalue weighted by molar-refractivity contribution is 0.0913. The van der Waals surface area contributed by atoms with Gasteiger partial charge in [-0.2, -0.15) is 8.42 Å². The zero-order chi connectivity index (χ0) is 13.8. The topological polar surface area (TPSA) is 43.4 Å². The molecule has 0 saturated heterocycles. The van der Waals surface area contributed by atoms with Crippen LogP contribution < -0.4 is 0 Å². The van der Waals surface area contributed by atoms with Crippen molar-refractivity contribution >= 4 is 10.1 Å². The van der Waals surface area contributed by atoms with Crippen molar-refractivity contribution in [3.63, 3.8) is 0 Å². The summed E-state index contributed by atoms with van der Waals surface area (Å²) in [7, 11) is -2.95. The van der Waals surface area contributed by atoms with E-state index in [1.165, 1.54) is 19.1 Å². The van der Waals surface area contributed by atoms with Crippen LogP contribution in [0.1, 0.15) is 24.5 Å². The van der Waals surface area contributed by atoms with Crippen molar-refractivity contribution in [2.45, 2.75) is 36.5 Å². The van der Waals surface area contributed by atoms with Gasteiger partial charge in [0.15, 0.2) is 0 Å². The molecule has 2 rings (SSSR count).